The van der Waals surface area contributed by atoms with E-state index in [0.29, 0.717) is 0 Å². The van der Waals surface area contributed by atoms with E-state index >= 15 is 0 Å². The topological polar surface area (TPSA) is 12.0 Å². The third kappa shape index (κ3) is 1.75. The fourth-order valence-corrected chi connectivity index (χ4v) is 1.77. The third-order valence-corrected chi connectivity index (χ3v) is 2.86. The summed E-state index contributed by atoms with van der Waals surface area (Å²) in [5.74, 6) is 1.56. The first-order valence-electron chi connectivity index (χ1n) is 4.90. The van der Waals surface area contributed by atoms with Crippen molar-refractivity contribution >= 4 is 0 Å². The lowest BCUT2D eigenvalue weighted by Crippen LogP contribution is -2.08. The van der Waals surface area contributed by atoms with E-state index in [-0.39, 0.29) is 0 Å². The van der Waals surface area contributed by atoms with Crippen LogP contribution in [0, 0.1) is 19.8 Å². The Balaban J connectivity index is 2.25. The predicted molar refractivity (Wildman–Crippen MR) is 55.7 cm³/mol. The Morgan fingerprint density at radius 3 is 2.62 bits per heavy atom. The second kappa shape index (κ2) is 3.51. The molecule has 0 saturated carbocycles. The fraction of sp³-hybridized carbons (Fsp3) is 0.417. The zero-order valence-electron chi connectivity index (χ0n) is 8.35. The van der Waals surface area contributed by atoms with Gasteiger partial charge in [0.15, 0.2) is 0 Å². The highest BCUT2D eigenvalue weighted by Crippen LogP contribution is 2.22. The van der Waals surface area contributed by atoms with Crippen molar-refractivity contribution < 1.29 is 0 Å². The highest BCUT2D eigenvalue weighted by molar-refractivity contribution is 5.39. The number of aryl methyl sites for hydroxylation is 2. The van der Waals surface area contributed by atoms with Crippen LogP contribution in [-0.2, 0) is 0 Å². The quantitative estimate of drug-likeness (QED) is 0.688. The Morgan fingerprint density at radius 1 is 1.15 bits per heavy atom. The van der Waals surface area contributed by atoms with Crippen LogP contribution in [0.5, 0.6) is 0 Å². The predicted octanol–water partition coefficient (Wildman–Crippen LogP) is 2.22. The highest BCUT2D eigenvalue weighted by atomic mass is 14.9. The molecule has 0 spiro atoms. The van der Waals surface area contributed by atoms with Gasteiger partial charge in [-0.25, -0.2) is 0 Å². The molecule has 1 aromatic carbocycles. The fourth-order valence-electron chi connectivity index (χ4n) is 1.77. The monoisotopic (exact) mass is 174 g/mol. The number of hydrogen-bond acceptors (Lipinski definition) is 1. The number of nitrogens with one attached hydrogen (secondary N) is 1. The molecule has 1 heteroatoms. The van der Waals surface area contributed by atoms with Crippen molar-refractivity contribution in [2.75, 3.05) is 13.1 Å². The summed E-state index contributed by atoms with van der Waals surface area (Å²) in [5.41, 5.74) is 4.21. The van der Waals surface area contributed by atoms with Gasteiger partial charge in [0.25, 0.3) is 0 Å². The molecule has 13 heavy (non-hydrogen) atoms. The van der Waals surface area contributed by atoms with Crippen LogP contribution in [-0.4, -0.2) is 13.1 Å². The van der Waals surface area contributed by atoms with E-state index in [1.54, 1.807) is 5.92 Å². The second-order valence-corrected chi connectivity index (χ2v) is 3.83. The van der Waals surface area contributed by atoms with Crippen molar-refractivity contribution in [1.29, 1.82) is 0 Å². The average molecular weight is 174 g/mol. The van der Waals surface area contributed by atoms with E-state index in [0.717, 1.165) is 13.1 Å². The van der Waals surface area contributed by atoms with Crippen LogP contribution in [0.4, 0.5) is 0 Å². The standard InChI is InChI=1S/C12H16N/c1-9-3-4-11(7-10(9)2)12-5-6-13-8-12/h3-4,7,13H,5-6,8H2,1-2H3. The molecular formula is C12H16N. The Bertz CT molecular complexity index is 298. The zero-order chi connectivity index (χ0) is 9.26. The van der Waals surface area contributed by atoms with Crippen LogP contribution in [0.25, 0.3) is 0 Å². The maximum Gasteiger partial charge on any atom is 0.0199 e. The molecule has 1 heterocycles. The van der Waals surface area contributed by atoms with E-state index in [1.807, 2.05) is 0 Å². The minimum atomic E-state index is 1.07. The van der Waals surface area contributed by atoms with Crippen molar-refractivity contribution in [2.45, 2.75) is 20.3 Å². The van der Waals surface area contributed by atoms with Crippen LogP contribution in [0.3, 0.4) is 0 Å². The van der Waals surface area contributed by atoms with Crippen LogP contribution < -0.4 is 5.32 Å². The molecule has 0 atom stereocenters. The Morgan fingerprint density at radius 2 is 2.00 bits per heavy atom. The van der Waals surface area contributed by atoms with E-state index in [4.69, 9.17) is 0 Å². The maximum absolute atomic E-state index is 3.37. The average Bonchev–Trinajstić information content (AvgIpc) is 2.62. The molecule has 1 aliphatic heterocycles. The van der Waals surface area contributed by atoms with Crippen molar-refractivity contribution in [3.05, 3.63) is 40.8 Å². The van der Waals surface area contributed by atoms with E-state index in [1.165, 1.54) is 23.1 Å². The summed E-state index contributed by atoms with van der Waals surface area (Å²) in [6.45, 7) is 6.56. The maximum atomic E-state index is 3.37. The summed E-state index contributed by atoms with van der Waals surface area (Å²) in [6, 6.07) is 6.76. The van der Waals surface area contributed by atoms with Crippen LogP contribution in [0.2, 0.25) is 0 Å². The van der Waals surface area contributed by atoms with Crippen LogP contribution in [0.1, 0.15) is 23.1 Å². The smallest absolute Gasteiger partial charge is 0.0199 e. The summed E-state index contributed by atoms with van der Waals surface area (Å²) in [4.78, 5) is 0. The van der Waals surface area contributed by atoms with Gasteiger partial charge in [-0.2, -0.15) is 0 Å². The molecule has 69 valence electrons. The molecule has 0 aliphatic carbocycles. The number of hydrogen-bond donors (Lipinski definition) is 1. The number of benzene rings is 1. The lowest BCUT2D eigenvalue weighted by Gasteiger charge is -2.09. The molecule has 1 saturated heterocycles. The molecule has 1 fully saturated rings. The second-order valence-electron chi connectivity index (χ2n) is 3.83. The van der Waals surface area contributed by atoms with Gasteiger partial charge in [-0.3, -0.25) is 0 Å². The minimum absolute atomic E-state index is 1.07. The van der Waals surface area contributed by atoms with Gasteiger partial charge in [-0.15, -0.1) is 0 Å². The SMILES string of the molecule is Cc1ccc([C]2CCNC2)cc1C. The Hall–Kier alpha value is -0.820. The summed E-state index contributed by atoms with van der Waals surface area (Å²) in [5, 5.41) is 3.37. The molecule has 0 aromatic heterocycles. The van der Waals surface area contributed by atoms with Gasteiger partial charge in [-0.1, -0.05) is 18.2 Å². The van der Waals surface area contributed by atoms with Gasteiger partial charge in [0.05, 0.1) is 0 Å². The number of rotatable bonds is 1. The molecule has 0 bridgehead atoms. The van der Waals surface area contributed by atoms with Crippen molar-refractivity contribution in [1.82, 2.24) is 5.32 Å². The van der Waals surface area contributed by atoms with Gasteiger partial charge in [0.2, 0.25) is 0 Å². The van der Waals surface area contributed by atoms with Gasteiger partial charge < -0.3 is 5.32 Å². The molecule has 1 nitrogen and oxygen atoms in total. The van der Waals surface area contributed by atoms with Crippen LogP contribution >= 0.6 is 0 Å². The largest absolute Gasteiger partial charge is 0.316 e. The third-order valence-electron chi connectivity index (χ3n) is 2.86. The first-order valence-corrected chi connectivity index (χ1v) is 4.90. The van der Waals surface area contributed by atoms with Gasteiger partial charge >= 0.3 is 0 Å². The zero-order valence-corrected chi connectivity index (χ0v) is 8.35. The first kappa shape index (κ1) is 8.76. The lowest BCUT2D eigenvalue weighted by atomic mass is 9.95. The van der Waals surface area contributed by atoms with Crippen molar-refractivity contribution in [3.8, 4) is 0 Å². The molecule has 1 N–H and O–H groups in total. The van der Waals surface area contributed by atoms with E-state index < -0.39 is 0 Å². The lowest BCUT2D eigenvalue weighted by molar-refractivity contribution is 0.860. The minimum Gasteiger partial charge on any atom is -0.316 e. The molecule has 2 rings (SSSR count). The van der Waals surface area contributed by atoms with Crippen LogP contribution in [0.15, 0.2) is 18.2 Å². The molecule has 0 unspecified atom stereocenters. The van der Waals surface area contributed by atoms with E-state index in [9.17, 15) is 0 Å². The molecule has 1 aliphatic rings. The first-order chi connectivity index (χ1) is 6.27. The molecular weight excluding hydrogens is 158 g/mol. The highest BCUT2D eigenvalue weighted by Gasteiger charge is 2.17. The van der Waals surface area contributed by atoms with E-state index in [2.05, 4.69) is 37.4 Å². The van der Waals surface area contributed by atoms with Crippen molar-refractivity contribution in [3.63, 3.8) is 0 Å². The Kier molecular flexibility index (Phi) is 2.36. The summed E-state index contributed by atoms with van der Waals surface area (Å²) < 4.78 is 0. The molecule has 1 aromatic rings. The van der Waals surface area contributed by atoms with Gasteiger partial charge in [0.1, 0.15) is 0 Å². The molecule has 0 amide bonds. The Labute approximate surface area is 80.2 Å². The summed E-state index contributed by atoms with van der Waals surface area (Å²) in [6.07, 6.45) is 1.21. The van der Waals surface area contributed by atoms with Gasteiger partial charge in [0, 0.05) is 12.5 Å². The molecule has 1 radical (unpaired) electrons. The van der Waals surface area contributed by atoms with Gasteiger partial charge in [-0.05, 0) is 43.5 Å². The van der Waals surface area contributed by atoms with Crippen molar-refractivity contribution in [2.24, 2.45) is 0 Å². The normalized spacial score (nSPS) is 18.0. The summed E-state index contributed by atoms with van der Waals surface area (Å²) >= 11 is 0. The summed E-state index contributed by atoms with van der Waals surface area (Å²) in [7, 11) is 0.